The van der Waals surface area contributed by atoms with Crippen LogP contribution in [-0.4, -0.2) is 41.8 Å². The van der Waals surface area contributed by atoms with Gasteiger partial charge in [0, 0.05) is 44.6 Å². The van der Waals surface area contributed by atoms with Crippen LogP contribution in [-0.2, 0) is 16.2 Å². The van der Waals surface area contributed by atoms with Gasteiger partial charge in [-0.1, -0.05) is 19.0 Å². The summed E-state index contributed by atoms with van der Waals surface area (Å²) in [4.78, 5) is 20.0. The average Bonchev–Trinajstić information content (AvgIpc) is 3.20. The smallest absolute Gasteiger partial charge is 0.269 e. The normalized spacial score (nSPS) is 24.8. The Kier molecular flexibility index (Phi) is 4.20. The lowest BCUT2D eigenvalue weighted by atomic mass is 9.96. The summed E-state index contributed by atoms with van der Waals surface area (Å²) in [7, 11) is 0. The Morgan fingerprint density at radius 2 is 2.41 bits per heavy atom. The maximum atomic E-state index is 12.1. The summed E-state index contributed by atoms with van der Waals surface area (Å²) in [6, 6.07) is 1.97. The molecule has 22 heavy (non-hydrogen) atoms. The fourth-order valence-corrected chi connectivity index (χ4v) is 2.96. The standard InChI is InChI=1S/C16H23N3O3/c1-12(2)8-17-15(20)14-7-16(22-18-14)4-5-19(11-16)9-13-3-6-21-10-13/h3,6,10,12H,4-5,7-9,11H2,1-2H3,(H,17,20)/t16-/m1/s1. The summed E-state index contributed by atoms with van der Waals surface area (Å²) >= 11 is 0. The third-order valence-electron chi connectivity index (χ3n) is 4.15. The lowest BCUT2D eigenvalue weighted by Gasteiger charge is -2.21. The molecule has 0 aromatic carbocycles. The molecular weight excluding hydrogens is 282 g/mol. The summed E-state index contributed by atoms with van der Waals surface area (Å²) in [6.07, 6.45) is 4.95. The SMILES string of the molecule is CC(C)CNC(=O)C1=NO[C@]2(CCN(Cc3ccoc3)C2)C1. The monoisotopic (exact) mass is 305 g/mol. The Labute approximate surface area is 130 Å². The topological polar surface area (TPSA) is 67.1 Å². The zero-order valence-electron chi connectivity index (χ0n) is 13.2. The van der Waals surface area contributed by atoms with E-state index in [1.54, 1.807) is 12.5 Å². The van der Waals surface area contributed by atoms with Crippen LogP contribution in [0.5, 0.6) is 0 Å². The zero-order chi connectivity index (χ0) is 15.6. The molecule has 0 aliphatic carbocycles. The number of hydrogen-bond acceptors (Lipinski definition) is 5. The molecule has 1 aromatic rings. The van der Waals surface area contributed by atoms with Crippen molar-refractivity contribution in [3.05, 3.63) is 24.2 Å². The fraction of sp³-hybridized carbons (Fsp3) is 0.625. The predicted molar refractivity (Wildman–Crippen MR) is 82.3 cm³/mol. The predicted octanol–water partition coefficient (Wildman–Crippen LogP) is 1.77. The summed E-state index contributed by atoms with van der Waals surface area (Å²) < 4.78 is 5.10. The highest BCUT2D eigenvalue weighted by atomic mass is 16.7. The van der Waals surface area contributed by atoms with Gasteiger partial charge >= 0.3 is 0 Å². The molecule has 1 spiro atoms. The maximum absolute atomic E-state index is 12.1. The van der Waals surface area contributed by atoms with Crippen molar-refractivity contribution >= 4 is 11.6 Å². The second-order valence-corrected chi connectivity index (χ2v) is 6.69. The minimum atomic E-state index is -0.325. The molecule has 0 unspecified atom stereocenters. The van der Waals surface area contributed by atoms with Crippen LogP contribution in [0.15, 0.2) is 28.2 Å². The second-order valence-electron chi connectivity index (χ2n) is 6.69. The summed E-state index contributed by atoms with van der Waals surface area (Å²) in [6.45, 7) is 7.39. The van der Waals surface area contributed by atoms with Crippen molar-refractivity contribution in [1.29, 1.82) is 0 Å². The van der Waals surface area contributed by atoms with Crippen molar-refractivity contribution in [1.82, 2.24) is 10.2 Å². The van der Waals surface area contributed by atoms with Crippen LogP contribution in [0.25, 0.3) is 0 Å². The number of hydrogen-bond donors (Lipinski definition) is 1. The minimum absolute atomic E-state index is 0.0983. The number of nitrogens with zero attached hydrogens (tertiary/aromatic N) is 2. The average molecular weight is 305 g/mol. The number of furan rings is 1. The first-order valence-corrected chi connectivity index (χ1v) is 7.83. The van der Waals surface area contributed by atoms with Crippen molar-refractivity contribution < 1.29 is 14.0 Å². The molecule has 2 aliphatic heterocycles. The van der Waals surface area contributed by atoms with Crippen molar-refractivity contribution in [2.24, 2.45) is 11.1 Å². The highest BCUT2D eigenvalue weighted by molar-refractivity contribution is 6.39. The van der Waals surface area contributed by atoms with E-state index in [2.05, 4.69) is 29.2 Å². The number of amides is 1. The quantitative estimate of drug-likeness (QED) is 0.900. The molecule has 1 saturated heterocycles. The van der Waals surface area contributed by atoms with Gasteiger partial charge in [0.05, 0.1) is 12.5 Å². The molecule has 120 valence electrons. The van der Waals surface area contributed by atoms with Gasteiger partial charge in [-0.2, -0.15) is 0 Å². The van der Waals surface area contributed by atoms with Gasteiger partial charge in [0.1, 0.15) is 5.71 Å². The Balaban J connectivity index is 1.52. The summed E-state index contributed by atoms with van der Waals surface area (Å²) in [5.74, 6) is 0.330. The molecule has 1 aromatic heterocycles. The molecule has 0 saturated carbocycles. The van der Waals surface area contributed by atoms with Gasteiger partial charge in [0.2, 0.25) is 0 Å². The van der Waals surface area contributed by atoms with Crippen LogP contribution < -0.4 is 5.32 Å². The van der Waals surface area contributed by atoms with Gasteiger partial charge in [-0.15, -0.1) is 0 Å². The van der Waals surface area contributed by atoms with Gasteiger partial charge in [0.15, 0.2) is 5.60 Å². The molecule has 0 bridgehead atoms. The van der Waals surface area contributed by atoms with Gasteiger partial charge in [0.25, 0.3) is 5.91 Å². The van der Waals surface area contributed by atoms with Crippen LogP contribution in [0.4, 0.5) is 0 Å². The van der Waals surface area contributed by atoms with Crippen molar-refractivity contribution in [3.63, 3.8) is 0 Å². The second kappa shape index (κ2) is 6.12. The maximum Gasteiger partial charge on any atom is 0.269 e. The Morgan fingerprint density at radius 1 is 1.55 bits per heavy atom. The Bertz CT molecular complexity index is 553. The highest BCUT2D eigenvalue weighted by Crippen LogP contribution is 2.34. The number of carbonyl (C=O) groups excluding carboxylic acids is 1. The first kappa shape index (κ1) is 15.1. The van der Waals surface area contributed by atoms with Gasteiger partial charge in [-0.05, 0) is 12.0 Å². The van der Waals surface area contributed by atoms with Crippen LogP contribution in [0, 0.1) is 5.92 Å². The molecule has 1 fully saturated rings. The Hall–Kier alpha value is -1.82. The molecule has 2 aliphatic rings. The van der Waals surface area contributed by atoms with Crippen LogP contribution >= 0.6 is 0 Å². The summed E-state index contributed by atoms with van der Waals surface area (Å²) in [5, 5.41) is 6.94. The number of rotatable bonds is 5. The molecule has 1 amide bonds. The molecule has 3 rings (SSSR count). The zero-order valence-corrected chi connectivity index (χ0v) is 13.2. The molecule has 0 radical (unpaired) electrons. The third kappa shape index (κ3) is 3.32. The first-order valence-electron chi connectivity index (χ1n) is 7.83. The van der Waals surface area contributed by atoms with Crippen LogP contribution in [0.2, 0.25) is 0 Å². The van der Waals surface area contributed by atoms with E-state index in [4.69, 9.17) is 9.25 Å². The summed E-state index contributed by atoms with van der Waals surface area (Å²) in [5.41, 5.74) is 1.35. The van der Waals surface area contributed by atoms with E-state index in [1.165, 1.54) is 0 Å². The molecule has 3 heterocycles. The van der Waals surface area contributed by atoms with Crippen molar-refractivity contribution in [3.8, 4) is 0 Å². The van der Waals surface area contributed by atoms with Gasteiger partial charge in [-0.3, -0.25) is 9.69 Å². The molecule has 6 heteroatoms. The highest BCUT2D eigenvalue weighted by Gasteiger charge is 2.46. The fourth-order valence-electron chi connectivity index (χ4n) is 2.96. The van der Waals surface area contributed by atoms with Gasteiger partial charge in [-0.25, -0.2) is 0 Å². The Morgan fingerprint density at radius 3 is 3.14 bits per heavy atom. The van der Waals surface area contributed by atoms with Crippen molar-refractivity contribution in [2.75, 3.05) is 19.6 Å². The number of likely N-dealkylation sites (tertiary alicyclic amines) is 1. The molecular formula is C16H23N3O3. The lowest BCUT2D eigenvalue weighted by Crippen LogP contribution is -2.37. The van der Waals surface area contributed by atoms with E-state index < -0.39 is 0 Å². The first-order chi connectivity index (χ1) is 10.6. The van der Waals surface area contributed by atoms with Crippen LogP contribution in [0.1, 0.15) is 32.3 Å². The molecule has 6 nitrogen and oxygen atoms in total. The number of carbonyl (C=O) groups is 1. The van der Waals surface area contributed by atoms with E-state index in [0.29, 0.717) is 24.6 Å². The minimum Gasteiger partial charge on any atom is -0.472 e. The van der Waals surface area contributed by atoms with Crippen LogP contribution in [0.3, 0.4) is 0 Å². The molecule has 1 N–H and O–H groups in total. The van der Waals surface area contributed by atoms with E-state index in [0.717, 1.165) is 31.6 Å². The van der Waals surface area contributed by atoms with E-state index in [-0.39, 0.29) is 11.5 Å². The van der Waals surface area contributed by atoms with E-state index >= 15 is 0 Å². The lowest BCUT2D eigenvalue weighted by molar-refractivity contribution is -0.115. The number of nitrogens with one attached hydrogen (secondary N) is 1. The van der Waals surface area contributed by atoms with E-state index in [1.807, 2.05) is 6.07 Å². The van der Waals surface area contributed by atoms with Gasteiger partial charge < -0.3 is 14.6 Å². The third-order valence-corrected chi connectivity index (χ3v) is 4.15. The molecule has 1 atom stereocenters. The number of oxime groups is 1. The van der Waals surface area contributed by atoms with Crippen molar-refractivity contribution in [2.45, 2.75) is 38.8 Å². The van der Waals surface area contributed by atoms with E-state index in [9.17, 15) is 4.79 Å². The largest absolute Gasteiger partial charge is 0.472 e.